The summed E-state index contributed by atoms with van der Waals surface area (Å²) in [5.74, 6) is -0.644. The Hall–Kier alpha value is -1.46. The number of hydrogen-bond acceptors (Lipinski definition) is 2. The van der Waals surface area contributed by atoms with Gasteiger partial charge in [-0.3, -0.25) is 4.79 Å². The normalized spacial score (nSPS) is 10.9. The largest absolute Gasteiger partial charge is 0.449 e. The third-order valence-electron chi connectivity index (χ3n) is 2.84. The molecule has 100 valence electrons. The maximum absolute atomic E-state index is 13.6. The highest BCUT2D eigenvalue weighted by atomic mass is 79.9. The van der Waals surface area contributed by atoms with Crippen molar-refractivity contribution in [1.29, 1.82) is 0 Å². The molecule has 1 heterocycles. The van der Waals surface area contributed by atoms with Crippen LogP contribution >= 0.6 is 31.9 Å². The molecule has 0 unspecified atom stereocenters. The van der Waals surface area contributed by atoms with Crippen LogP contribution in [0.4, 0.5) is 4.39 Å². The summed E-state index contributed by atoms with van der Waals surface area (Å²) in [4.78, 5) is 12.4. The molecule has 0 saturated carbocycles. The summed E-state index contributed by atoms with van der Waals surface area (Å²) in [6, 6.07) is 11.3. The first-order valence-electron chi connectivity index (χ1n) is 5.73. The molecule has 2 nitrogen and oxygen atoms in total. The van der Waals surface area contributed by atoms with E-state index in [9.17, 15) is 9.18 Å². The van der Waals surface area contributed by atoms with Crippen LogP contribution in [0.1, 0.15) is 16.1 Å². The Morgan fingerprint density at radius 2 is 1.75 bits per heavy atom. The fraction of sp³-hybridized carbons (Fsp3) is 0. The van der Waals surface area contributed by atoms with E-state index in [0.29, 0.717) is 10.9 Å². The van der Waals surface area contributed by atoms with Gasteiger partial charge in [0.05, 0.1) is 0 Å². The van der Waals surface area contributed by atoms with Crippen LogP contribution in [-0.2, 0) is 0 Å². The lowest BCUT2D eigenvalue weighted by molar-refractivity contribution is 0.101. The van der Waals surface area contributed by atoms with Gasteiger partial charge in [-0.05, 0) is 30.3 Å². The maximum Gasteiger partial charge on any atom is 0.228 e. The number of furan rings is 1. The van der Waals surface area contributed by atoms with Crippen LogP contribution in [0.3, 0.4) is 0 Å². The summed E-state index contributed by atoms with van der Waals surface area (Å²) in [6.45, 7) is 0. The summed E-state index contributed by atoms with van der Waals surface area (Å²) < 4.78 is 20.5. The topological polar surface area (TPSA) is 30.2 Å². The van der Waals surface area contributed by atoms with Gasteiger partial charge >= 0.3 is 0 Å². The summed E-state index contributed by atoms with van der Waals surface area (Å²) in [5.41, 5.74) is 0.565. The number of hydrogen-bond donors (Lipinski definition) is 0. The Balaban J connectivity index is 2.10. The van der Waals surface area contributed by atoms with Crippen molar-refractivity contribution >= 4 is 48.6 Å². The molecule has 0 aliphatic rings. The molecular weight excluding hydrogens is 391 g/mol. The second-order valence-electron chi connectivity index (χ2n) is 4.26. The molecule has 0 N–H and O–H groups in total. The molecule has 0 atom stereocenters. The third-order valence-corrected chi connectivity index (χ3v) is 3.76. The van der Waals surface area contributed by atoms with Crippen LogP contribution in [0.15, 0.2) is 55.8 Å². The van der Waals surface area contributed by atoms with E-state index >= 15 is 0 Å². The van der Waals surface area contributed by atoms with Gasteiger partial charge in [0.1, 0.15) is 0 Å². The average Bonchev–Trinajstić information content (AvgIpc) is 2.82. The van der Waals surface area contributed by atoms with Crippen LogP contribution in [0.2, 0.25) is 0 Å². The molecule has 0 saturated heterocycles. The highest BCUT2D eigenvalue weighted by Crippen LogP contribution is 2.26. The van der Waals surface area contributed by atoms with Crippen molar-refractivity contribution in [2.24, 2.45) is 0 Å². The molecule has 0 radical (unpaired) electrons. The molecule has 3 rings (SSSR count). The first kappa shape index (κ1) is 13.5. The van der Waals surface area contributed by atoms with E-state index in [1.54, 1.807) is 30.3 Å². The van der Waals surface area contributed by atoms with Crippen molar-refractivity contribution < 1.29 is 13.6 Å². The zero-order valence-corrected chi connectivity index (χ0v) is 13.2. The van der Waals surface area contributed by atoms with Crippen molar-refractivity contribution in [2.45, 2.75) is 0 Å². The molecule has 0 aliphatic heterocycles. The highest BCUT2D eigenvalue weighted by molar-refractivity contribution is 9.11. The number of ketones is 1. The molecule has 2 aromatic carbocycles. The number of fused-ring (bicyclic) bond motifs is 1. The molecule has 0 fully saturated rings. The van der Waals surface area contributed by atoms with E-state index in [2.05, 4.69) is 31.9 Å². The summed E-state index contributed by atoms with van der Waals surface area (Å²) >= 11 is 6.65. The van der Waals surface area contributed by atoms with Gasteiger partial charge in [0.15, 0.2) is 17.2 Å². The number of para-hydroxylation sites is 1. The average molecular weight is 398 g/mol. The van der Waals surface area contributed by atoms with E-state index in [0.717, 1.165) is 8.95 Å². The zero-order valence-electron chi connectivity index (χ0n) is 9.99. The van der Waals surface area contributed by atoms with Crippen molar-refractivity contribution in [3.63, 3.8) is 0 Å². The lowest BCUT2D eigenvalue weighted by Crippen LogP contribution is -1.99. The van der Waals surface area contributed by atoms with Crippen LogP contribution in [0.25, 0.3) is 11.0 Å². The minimum absolute atomic E-state index is 0.102. The molecule has 0 bridgehead atoms. The number of halogens is 3. The Morgan fingerprint density at radius 3 is 2.40 bits per heavy atom. The Kier molecular flexibility index (Phi) is 3.48. The Bertz CT molecular complexity index is 804. The first-order valence-corrected chi connectivity index (χ1v) is 7.32. The van der Waals surface area contributed by atoms with Crippen molar-refractivity contribution in [1.82, 2.24) is 0 Å². The molecule has 0 spiro atoms. The zero-order chi connectivity index (χ0) is 14.3. The molecular formula is C15H7Br2FO2. The molecule has 0 amide bonds. The number of carbonyl (C=O) groups is 1. The Morgan fingerprint density at radius 1 is 1.05 bits per heavy atom. The van der Waals surface area contributed by atoms with E-state index in [1.165, 1.54) is 6.07 Å². The van der Waals surface area contributed by atoms with E-state index in [4.69, 9.17) is 4.42 Å². The molecule has 5 heteroatoms. The van der Waals surface area contributed by atoms with Crippen LogP contribution < -0.4 is 0 Å². The SMILES string of the molecule is O=C(c1cc(Br)cc(Br)c1)c1cc2cccc(F)c2o1. The number of benzene rings is 2. The molecule has 20 heavy (non-hydrogen) atoms. The third kappa shape index (κ3) is 2.43. The Labute approximate surface area is 130 Å². The van der Waals surface area contributed by atoms with Gasteiger partial charge < -0.3 is 4.42 Å². The second kappa shape index (κ2) is 5.14. The number of carbonyl (C=O) groups excluding carboxylic acids is 1. The van der Waals surface area contributed by atoms with Crippen LogP contribution in [0.5, 0.6) is 0 Å². The van der Waals surface area contributed by atoms with E-state index < -0.39 is 5.82 Å². The fourth-order valence-corrected chi connectivity index (χ4v) is 3.26. The van der Waals surface area contributed by atoms with Gasteiger partial charge in [0.2, 0.25) is 5.78 Å². The summed E-state index contributed by atoms with van der Waals surface area (Å²) in [7, 11) is 0. The van der Waals surface area contributed by atoms with Crippen LogP contribution in [-0.4, -0.2) is 5.78 Å². The van der Waals surface area contributed by atoms with Gasteiger partial charge in [-0.2, -0.15) is 0 Å². The lowest BCUT2D eigenvalue weighted by Gasteiger charge is -2.00. The minimum atomic E-state index is -0.475. The van der Waals surface area contributed by atoms with Crippen molar-refractivity contribution in [2.75, 3.05) is 0 Å². The lowest BCUT2D eigenvalue weighted by atomic mass is 10.1. The van der Waals surface area contributed by atoms with E-state index in [1.807, 2.05) is 6.07 Å². The van der Waals surface area contributed by atoms with Gasteiger partial charge in [-0.25, -0.2) is 4.39 Å². The van der Waals surface area contributed by atoms with Gasteiger partial charge in [-0.1, -0.05) is 44.0 Å². The van der Waals surface area contributed by atoms with E-state index in [-0.39, 0.29) is 17.1 Å². The molecule has 0 aliphatic carbocycles. The monoisotopic (exact) mass is 396 g/mol. The predicted octanol–water partition coefficient (Wildman–Crippen LogP) is 5.33. The summed E-state index contributed by atoms with van der Waals surface area (Å²) in [6.07, 6.45) is 0. The smallest absolute Gasteiger partial charge is 0.228 e. The highest BCUT2D eigenvalue weighted by Gasteiger charge is 2.17. The quantitative estimate of drug-likeness (QED) is 0.547. The van der Waals surface area contributed by atoms with Crippen LogP contribution in [0, 0.1) is 5.82 Å². The summed E-state index contributed by atoms with van der Waals surface area (Å²) in [5, 5.41) is 0.572. The first-order chi connectivity index (χ1) is 9.54. The van der Waals surface area contributed by atoms with Gasteiger partial charge in [-0.15, -0.1) is 0 Å². The molecule has 3 aromatic rings. The van der Waals surface area contributed by atoms with Gasteiger partial charge in [0, 0.05) is 19.9 Å². The van der Waals surface area contributed by atoms with Gasteiger partial charge in [0.25, 0.3) is 0 Å². The molecule has 1 aromatic heterocycles. The standard InChI is InChI=1S/C15H7Br2FO2/c16-10-4-9(5-11(17)7-10)14(19)13-6-8-2-1-3-12(18)15(8)20-13/h1-7H. The second-order valence-corrected chi connectivity index (χ2v) is 6.09. The minimum Gasteiger partial charge on any atom is -0.449 e. The maximum atomic E-state index is 13.6. The number of rotatable bonds is 2. The van der Waals surface area contributed by atoms with Crippen molar-refractivity contribution in [3.8, 4) is 0 Å². The van der Waals surface area contributed by atoms with Crippen molar-refractivity contribution in [3.05, 3.63) is 68.6 Å². The predicted molar refractivity (Wildman–Crippen MR) is 81.4 cm³/mol. The fourth-order valence-electron chi connectivity index (χ4n) is 1.97.